The average Bonchev–Trinajstić information content (AvgIpc) is 2.89. The van der Waals surface area contributed by atoms with E-state index in [2.05, 4.69) is 10.3 Å². The highest BCUT2D eigenvalue weighted by molar-refractivity contribution is 7.18. The van der Waals surface area contributed by atoms with Gasteiger partial charge in [0, 0.05) is 37.6 Å². The molecule has 1 amide bonds. The van der Waals surface area contributed by atoms with Crippen LogP contribution in [-0.2, 0) is 11.3 Å². The van der Waals surface area contributed by atoms with Crippen LogP contribution in [0.15, 0.2) is 29.3 Å². The minimum absolute atomic E-state index is 0.104. The summed E-state index contributed by atoms with van der Waals surface area (Å²) in [5, 5.41) is 4.02. The smallest absolute Gasteiger partial charge is 0.262 e. The van der Waals surface area contributed by atoms with Crippen LogP contribution in [0, 0.1) is 13.8 Å². The topological polar surface area (TPSA) is 67.2 Å². The summed E-state index contributed by atoms with van der Waals surface area (Å²) in [5.74, 6) is -0.186. The number of nitrogens with one attached hydrogen (secondary N) is 1. The van der Waals surface area contributed by atoms with Gasteiger partial charge in [-0.3, -0.25) is 14.2 Å². The molecule has 0 atom stereocenters. The minimum Gasteiger partial charge on any atom is -0.376 e. The van der Waals surface area contributed by atoms with E-state index in [9.17, 15) is 9.59 Å². The second-order valence-corrected chi connectivity index (χ2v) is 8.18. The van der Waals surface area contributed by atoms with Crippen molar-refractivity contribution in [3.05, 3.63) is 50.3 Å². The predicted molar refractivity (Wildman–Crippen MR) is 112 cm³/mol. The van der Waals surface area contributed by atoms with Gasteiger partial charge in [-0.05, 0) is 37.6 Å². The molecular formula is C19H21ClN4O2S. The lowest BCUT2D eigenvalue weighted by Gasteiger charge is -2.15. The quantitative estimate of drug-likeness (QED) is 0.701. The molecule has 0 unspecified atom stereocenters. The fraction of sp³-hybridized carbons (Fsp3) is 0.316. The number of nitrogens with zero attached hydrogens (tertiary/aromatic N) is 3. The van der Waals surface area contributed by atoms with Crippen molar-refractivity contribution in [2.75, 3.05) is 24.3 Å². The number of benzene rings is 1. The Morgan fingerprint density at radius 2 is 2.07 bits per heavy atom. The van der Waals surface area contributed by atoms with E-state index < -0.39 is 0 Å². The summed E-state index contributed by atoms with van der Waals surface area (Å²) < 4.78 is 1.49. The summed E-state index contributed by atoms with van der Waals surface area (Å²) in [6.45, 7) is 4.17. The summed E-state index contributed by atoms with van der Waals surface area (Å²) in [4.78, 5) is 33.0. The maximum atomic E-state index is 12.7. The first-order chi connectivity index (χ1) is 12.8. The van der Waals surface area contributed by atoms with Crippen LogP contribution in [0.3, 0.4) is 0 Å². The minimum atomic E-state index is -0.186. The molecule has 2 heterocycles. The number of hydrogen-bond donors (Lipinski definition) is 1. The number of aromatic nitrogens is 2. The number of anilines is 2. The molecule has 1 aromatic carbocycles. The Labute approximate surface area is 166 Å². The molecule has 1 N–H and O–H groups in total. The van der Waals surface area contributed by atoms with Crippen LogP contribution in [0.4, 0.5) is 11.4 Å². The molecule has 2 aromatic heterocycles. The Morgan fingerprint density at radius 1 is 1.33 bits per heavy atom. The van der Waals surface area contributed by atoms with E-state index >= 15 is 0 Å². The average molecular weight is 405 g/mol. The fourth-order valence-electron chi connectivity index (χ4n) is 2.82. The number of amides is 1. The lowest BCUT2D eigenvalue weighted by atomic mass is 10.2. The van der Waals surface area contributed by atoms with Crippen LogP contribution < -0.4 is 15.8 Å². The number of hydrogen-bond acceptors (Lipinski definition) is 5. The van der Waals surface area contributed by atoms with Gasteiger partial charge in [-0.1, -0.05) is 11.6 Å². The van der Waals surface area contributed by atoms with Crippen LogP contribution in [0.1, 0.15) is 16.9 Å². The molecule has 0 radical (unpaired) electrons. The zero-order chi connectivity index (χ0) is 19.7. The predicted octanol–water partition coefficient (Wildman–Crippen LogP) is 3.82. The lowest BCUT2D eigenvalue weighted by molar-refractivity contribution is -0.116. The zero-order valence-corrected chi connectivity index (χ0v) is 17.2. The lowest BCUT2D eigenvalue weighted by Crippen LogP contribution is -2.23. The van der Waals surface area contributed by atoms with Gasteiger partial charge in [0.2, 0.25) is 5.91 Å². The Balaban J connectivity index is 1.70. The van der Waals surface area contributed by atoms with Gasteiger partial charge in [-0.25, -0.2) is 4.98 Å². The van der Waals surface area contributed by atoms with Crippen molar-refractivity contribution in [3.63, 3.8) is 0 Å². The van der Waals surface area contributed by atoms with E-state index in [1.165, 1.54) is 22.2 Å². The molecule has 3 rings (SSSR count). The number of rotatable bonds is 5. The molecule has 0 aliphatic heterocycles. The van der Waals surface area contributed by atoms with Crippen LogP contribution in [0.25, 0.3) is 10.2 Å². The van der Waals surface area contributed by atoms with Crippen LogP contribution >= 0.6 is 22.9 Å². The SMILES string of the molecule is Cc1sc2ncn(CCC(=O)Nc3ccc(N(C)C)c(Cl)c3)c(=O)c2c1C. The second kappa shape index (κ2) is 7.70. The van der Waals surface area contributed by atoms with E-state index in [0.717, 1.165) is 21.0 Å². The Morgan fingerprint density at radius 3 is 2.74 bits per heavy atom. The summed E-state index contributed by atoms with van der Waals surface area (Å²) in [6, 6.07) is 5.37. The number of halogens is 1. The fourth-order valence-corrected chi connectivity index (χ4v) is 4.16. The zero-order valence-electron chi connectivity index (χ0n) is 15.7. The molecule has 0 aliphatic rings. The summed E-state index contributed by atoms with van der Waals surface area (Å²) in [7, 11) is 3.80. The number of carbonyl (C=O) groups is 1. The Bertz CT molecular complexity index is 1070. The monoisotopic (exact) mass is 404 g/mol. The maximum absolute atomic E-state index is 12.7. The van der Waals surface area contributed by atoms with Gasteiger partial charge in [0.1, 0.15) is 4.83 Å². The highest BCUT2D eigenvalue weighted by atomic mass is 35.5. The van der Waals surface area contributed by atoms with Gasteiger partial charge in [0.25, 0.3) is 5.56 Å². The van der Waals surface area contributed by atoms with Crippen molar-refractivity contribution in [2.45, 2.75) is 26.8 Å². The third-order valence-electron chi connectivity index (χ3n) is 4.45. The van der Waals surface area contributed by atoms with Gasteiger partial charge in [0.05, 0.1) is 22.4 Å². The van der Waals surface area contributed by atoms with Crippen molar-refractivity contribution in [3.8, 4) is 0 Å². The third-order valence-corrected chi connectivity index (χ3v) is 5.87. The van der Waals surface area contributed by atoms with Crippen molar-refractivity contribution >= 4 is 50.4 Å². The second-order valence-electron chi connectivity index (χ2n) is 6.57. The van der Waals surface area contributed by atoms with Gasteiger partial charge in [-0.2, -0.15) is 0 Å². The summed E-state index contributed by atoms with van der Waals surface area (Å²) in [6.07, 6.45) is 1.68. The molecule has 0 aliphatic carbocycles. The molecule has 142 valence electrons. The Kier molecular flexibility index (Phi) is 5.53. The number of aryl methyl sites for hydroxylation is 3. The third kappa shape index (κ3) is 3.99. The number of carbonyl (C=O) groups excluding carboxylic acids is 1. The summed E-state index contributed by atoms with van der Waals surface area (Å²) in [5.41, 5.74) is 2.36. The molecule has 6 nitrogen and oxygen atoms in total. The molecule has 8 heteroatoms. The highest BCUT2D eigenvalue weighted by Gasteiger charge is 2.13. The van der Waals surface area contributed by atoms with E-state index in [1.807, 2.05) is 38.9 Å². The Hall–Kier alpha value is -2.38. The highest BCUT2D eigenvalue weighted by Crippen LogP contribution is 2.27. The molecule has 0 spiro atoms. The number of thiophene rings is 1. The first kappa shape index (κ1) is 19.4. The van der Waals surface area contributed by atoms with Gasteiger partial charge in [0.15, 0.2) is 0 Å². The maximum Gasteiger partial charge on any atom is 0.262 e. The van der Waals surface area contributed by atoms with Gasteiger partial charge in [-0.15, -0.1) is 11.3 Å². The van der Waals surface area contributed by atoms with Crippen molar-refractivity contribution in [1.82, 2.24) is 9.55 Å². The van der Waals surface area contributed by atoms with E-state index in [0.29, 0.717) is 16.1 Å². The first-order valence-electron chi connectivity index (χ1n) is 8.49. The van der Waals surface area contributed by atoms with Gasteiger partial charge < -0.3 is 10.2 Å². The molecule has 0 saturated carbocycles. The van der Waals surface area contributed by atoms with Crippen molar-refractivity contribution in [1.29, 1.82) is 0 Å². The van der Waals surface area contributed by atoms with E-state index in [4.69, 9.17) is 11.6 Å². The van der Waals surface area contributed by atoms with Crippen LogP contribution in [0.5, 0.6) is 0 Å². The summed E-state index contributed by atoms with van der Waals surface area (Å²) >= 11 is 7.74. The van der Waals surface area contributed by atoms with Crippen LogP contribution in [0.2, 0.25) is 5.02 Å². The molecule has 0 bridgehead atoms. The molecule has 0 saturated heterocycles. The normalized spacial score (nSPS) is 11.0. The van der Waals surface area contributed by atoms with Crippen molar-refractivity contribution < 1.29 is 4.79 Å². The van der Waals surface area contributed by atoms with Crippen LogP contribution in [-0.4, -0.2) is 29.6 Å². The largest absolute Gasteiger partial charge is 0.376 e. The standard InChI is InChI=1S/C19H21ClN4O2S/c1-11-12(2)27-18-17(11)19(26)24(10-21-18)8-7-16(25)22-13-5-6-15(23(3)4)14(20)9-13/h5-6,9-10H,7-8H2,1-4H3,(H,22,25). The molecule has 27 heavy (non-hydrogen) atoms. The number of fused-ring (bicyclic) bond motifs is 1. The molecular weight excluding hydrogens is 384 g/mol. The van der Waals surface area contributed by atoms with Gasteiger partial charge >= 0.3 is 0 Å². The molecule has 3 aromatic rings. The first-order valence-corrected chi connectivity index (χ1v) is 9.69. The van der Waals surface area contributed by atoms with Crippen molar-refractivity contribution in [2.24, 2.45) is 0 Å². The molecule has 0 fully saturated rings. The van der Waals surface area contributed by atoms with E-state index in [1.54, 1.807) is 12.1 Å². The van der Waals surface area contributed by atoms with E-state index in [-0.39, 0.29) is 24.4 Å².